The molecule has 0 saturated carbocycles. The molecule has 0 N–H and O–H groups in total. The molecule has 0 aliphatic heterocycles. The van der Waals surface area contributed by atoms with Crippen LogP contribution in [0.3, 0.4) is 0 Å². The molecule has 0 aliphatic rings. The Hall–Kier alpha value is -1.84. The second kappa shape index (κ2) is 9.11. The maximum Gasteiger partial charge on any atom is 0.250 e. The molecule has 0 amide bonds. The van der Waals surface area contributed by atoms with Crippen LogP contribution in [0.15, 0.2) is 55.1 Å². The van der Waals surface area contributed by atoms with Crippen molar-refractivity contribution in [3.05, 3.63) is 71.8 Å². The number of hydrogen-bond acceptors (Lipinski definition) is 2. The van der Waals surface area contributed by atoms with Gasteiger partial charge < -0.3 is 4.43 Å². The Morgan fingerprint density at radius 1 is 0.900 bits per heavy atom. The Morgan fingerprint density at radius 3 is 1.90 bits per heavy atom. The van der Waals surface area contributed by atoms with Gasteiger partial charge in [0.1, 0.15) is 5.75 Å². The molecule has 0 bridgehead atoms. The zero-order valence-electron chi connectivity index (χ0n) is 20.6. The summed E-state index contributed by atoms with van der Waals surface area (Å²) in [6.45, 7) is 24.2. The molecular weight excluding hydrogens is 382 g/mol. The Bertz CT molecular complexity index is 836. The first-order chi connectivity index (χ1) is 13.7. The van der Waals surface area contributed by atoms with Crippen molar-refractivity contribution in [1.82, 2.24) is 4.90 Å². The Morgan fingerprint density at radius 2 is 1.43 bits per heavy atom. The van der Waals surface area contributed by atoms with E-state index >= 15 is 0 Å². The Balaban J connectivity index is 1.95. The van der Waals surface area contributed by atoms with Crippen LogP contribution in [0.2, 0.25) is 18.1 Å². The zero-order chi connectivity index (χ0) is 22.7. The van der Waals surface area contributed by atoms with E-state index in [1.54, 1.807) is 0 Å². The van der Waals surface area contributed by atoms with Gasteiger partial charge in [-0.05, 0) is 65.0 Å². The van der Waals surface area contributed by atoms with Crippen LogP contribution in [-0.2, 0) is 12.0 Å². The zero-order valence-corrected chi connectivity index (χ0v) is 21.6. The fourth-order valence-electron chi connectivity index (χ4n) is 3.10. The van der Waals surface area contributed by atoms with E-state index < -0.39 is 8.32 Å². The fraction of sp³-hybridized carbons (Fsp3) is 0.481. The lowest BCUT2D eigenvalue weighted by Crippen LogP contribution is -2.43. The fourth-order valence-corrected chi connectivity index (χ4v) is 4.13. The van der Waals surface area contributed by atoms with Crippen molar-refractivity contribution in [1.29, 1.82) is 0 Å². The second-order valence-electron chi connectivity index (χ2n) is 11.1. The average Bonchev–Trinajstić information content (AvgIpc) is 2.60. The van der Waals surface area contributed by atoms with Crippen LogP contribution in [-0.4, -0.2) is 26.8 Å². The van der Waals surface area contributed by atoms with Crippen LogP contribution in [0.5, 0.6) is 5.75 Å². The first-order valence-electron chi connectivity index (χ1n) is 10.9. The van der Waals surface area contributed by atoms with Crippen LogP contribution in [0.4, 0.5) is 0 Å². The van der Waals surface area contributed by atoms with Gasteiger partial charge in [-0.2, -0.15) is 0 Å². The van der Waals surface area contributed by atoms with E-state index in [9.17, 15) is 0 Å². The average molecular weight is 424 g/mol. The summed E-state index contributed by atoms with van der Waals surface area (Å²) in [5.74, 6) is 0.963. The first kappa shape index (κ1) is 24.4. The Labute approximate surface area is 186 Å². The molecule has 0 aliphatic carbocycles. The molecule has 0 radical (unpaired) electrons. The second-order valence-corrected chi connectivity index (χ2v) is 15.8. The monoisotopic (exact) mass is 423 g/mol. The molecule has 0 unspecified atom stereocenters. The van der Waals surface area contributed by atoms with Crippen molar-refractivity contribution < 1.29 is 4.43 Å². The predicted octanol–water partition coefficient (Wildman–Crippen LogP) is 7.51. The molecule has 0 saturated heterocycles. The van der Waals surface area contributed by atoms with Crippen LogP contribution >= 0.6 is 0 Å². The number of benzene rings is 2. The van der Waals surface area contributed by atoms with Gasteiger partial charge in [0.2, 0.25) is 8.32 Å². The van der Waals surface area contributed by atoms with E-state index in [0.29, 0.717) is 0 Å². The highest BCUT2D eigenvalue weighted by Crippen LogP contribution is 2.37. The largest absolute Gasteiger partial charge is 0.544 e. The van der Waals surface area contributed by atoms with Gasteiger partial charge in [0, 0.05) is 13.1 Å². The van der Waals surface area contributed by atoms with Gasteiger partial charge >= 0.3 is 0 Å². The number of rotatable bonds is 7. The maximum absolute atomic E-state index is 6.39. The van der Waals surface area contributed by atoms with E-state index in [1.807, 2.05) is 0 Å². The minimum atomic E-state index is -1.81. The molecule has 0 atom stereocenters. The highest BCUT2D eigenvalue weighted by Gasteiger charge is 2.38. The topological polar surface area (TPSA) is 12.5 Å². The molecule has 0 heterocycles. The lowest BCUT2D eigenvalue weighted by atomic mass is 9.87. The van der Waals surface area contributed by atoms with Gasteiger partial charge in [-0.3, -0.25) is 4.90 Å². The minimum Gasteiger partial charge on any atom is -0.544 e. The van der Waals surface area contributed by atoms with Crippen molar-refractivity contribution in [2.24, 2.45) is 0 Å². The summed E-state index contributed by atoms with van der Waals surface area (Å²) in [7, 11) is 0.344. The first-order valence-corrected chi connectivity index (χ1v) is 13.8. The van der Waals surface area contributed by atoms with Crippen LogP contribution in [0.25, 0.3) is 5.57 Å². The van der Waals surface area contributed by atoms with Crippen LogP contribution < -0.4 is 4.43 Å². The van der Waals surface area contributed by atoms with Crippen LogP contribution in [0.1, 0.15) is 58.2 Å². The summed E-state index contributed by atoms with van der Waals surface area (Å²) in [4.78, 5) is 2.31. The molecular formula is C27H41NOSi. The Kier molecular flexibility index (Phi) is 7.42. The molecule has 30 heavy (non-hydrogen) atoms. The van der Waals surface area contributed by atoms with Crippen molar-refractivity contribution in [3.8, 4) is 5.75 Å². The van der Waals surface area contributed by atoms with Crippen molar-refractivity contribution in [2.75, 3.05) is 13.6 Å². The predicted molar refractivity (Wildman–Crippen MR) is 135 cm³/mol. The SMILES string of the molecule is C=C(CN(C)Cc1ccc(C(C)(C)C)cc1)c1ccc(O[Si](C)(C)C(C)(C)C)cc1. The van der Waals surface area contributed by atoms with E-state index in [-0.39, 0.29) is 10.5 Å². The molecule has 0 spiro atoms. The van der Waals surface area contributed by atoms with Gasteiger partial charge in [-0.15, -0.1) is 0 Å². The third-order valence-electron chi connectivity index (χ3n) is 6.17. The third-order valence-corrected chi connectivity index (χ3v) is 10.5. The summed E-state index contributed by atoms with van der Waals surface area (Å²) in [6, 6.07) is 17.4. The molecule has 0 aromatic heterocycles. The molecule has 2 aromatic carbocycles. The number of likely N-dealkylation sites (N-methyl/N-ethyl adjacent to an activating group) is 1. The minimum absolute atomic E-state index is 0.194. The number of nitrogens with zero attached hydrogens (tertiary/aromatic N) is 1. The summed E-state index contributed by atoms with van der Waals surface area (Å²) in [6.07, 6.45) is 0. The van der Waals surface area contributed by atoms with Gasteiger partial charge in [0.25, 0.3) is 0 Å². The van der Waals surface area contributed by atoms with Crippen LogP contribution in [0, 0.1) is 0 Å². The number of hydrogen-bond donors (Lipinski definition) is 0. The highest BCUT2D eigenvalue weighted by molar-refractivity contribution is 6.74. The van der Waals surface area contributed by atoms with Gasteiger partial charge in [-0.25, -0.2) is 0 Å². The molecule has 164 valence electrons. The van der Waals surface area contributed by atoms with Crippen molar-refractivity contribution in [2.45, 2.75) is 71.6 Å². The van der Waals surface area contributed by atoms with Crippen molar-refractivity contribution in [3.63, 3.8) is 0 Å². The summed E-state index contributed by atoms with van der Waals surface area (Å²) in [5.41, 5.74) is 5.20. The summed E-state index contributed by atoms with van der Waals surface area (Å²) < 4.78 is 6.39. The lowest BCUT2D eigenvalue weighted by Gasteiger charge is -2.36. The molecule has 0 fully saturated rings. The summed E-state index contributed by atoms with van der Waals surface area (Å²) in [5, 5.41) is 0.197. The quantitative estimate of drug-likeness (QED) is 0.427. The van der Waals surface area contributed by atoms with E-state index in [0.717, 1.165) is 24.4 Å². The molecule has 2 aromatic rings. The maximum atomic E-state index is 6.39. The van der Waals surface area contributed by atoms with E-state index in [2.05, 4.69) is 122 Å². The van der Waals surface area contributed by atoms with Gasteiger partial charge in [0.15, 0.2) is 0 Å². The molecule has 3 heteroatoms. The van der Waals surface area contributed by atoms with Crippen molar-refractivity contribution >= 4 is 13.9 Å². The lowest BCUT2D eigenvalue weighted by molar-refractivity contribution is 0.369. The third kappa shape index (κ3) is 6.58. The molecule has 2 rings (SSSR count). The molecule has 2 nitrogen and oxygen atoms in total. The highest BCUT2D eigenvalue weighted by atomic mass is 28.4. The standard InChI is InChI=1S/C27H41NOSi/c1-21(19-28(8)20-22-11-15-24(16-12-22)26(2,3)4)23-13-17-25(18-14-23)29-30(9,10)27(5,6)7/h11-18H,1,19-20H2,2-10H3. The smallest absolute Gasteiger partial charge is 0.250 e. The van der Waals surface area contributed by atoms with E-state index in [4.69, 9.17) is 4.43 Å². The normalized spacial score (nSPS) is 12.9. The van der Waals surface area contributed by atoms with Gasteiger partial charge in [-0.1, -0.05) is 84.5 Å². The van der Waals surface area contributed by atoms with Gasteiger partial charge in [0.05, 0.1) is 0 Å². The van der Waals surface area contributed by atoms with E-state index in [1.165, 1.54) is 16.7 Å². The summed E-state index contributed by atoms with van der Waals surface area (Å²) >= 11 is 0.